The second kappa shape index (κ2) is 8.87. The molecule has 1 amide bonds. The fourth-order valence-corrected chi connectivity index (χ4v) is 4.45. The molecule has 2 N–H and O–H groups in total. The Bertz CT molecular complexity index is 500. The Hall–Kier alpha value is -0.880. The van der Waals surface area contributed by atoms with E-state index in [0.29, 0.717) is 23.8 Å². The molecule has 0 aromatic rings. The Morgan fingerprint density at radius 2 is 1.88 bits per heavy atom. The molecule has 0 aromatic heterocycles. The van der Waals surface area contributed by atoms with Gasteiger partial charge in [-0.1, -0.05) is 34.1 Å². The number of piperidine rings is 1. The standard InChI is InChI=1S/C20H38N4OS/c1-7-16(6)13-24-18(25)17(12-14(2)3)22-20(24)8-10-23(11-9-20)19(26)21-15(4)5/h14-17,22H,7-13H2,1-6H3,(H,21,26)/t16-,17+/m0/s1. The van der Waals surface area contributed by atoms with Crippen molar-refractivity contribution in [3.05, 3.63) is 0 Å². The zero-order valence-corrected chi connectivity index (χ0v) is 18.3. The summed E-state index contributed by atoms with van der Waals surface area (Å²) in [5, 5.41) is 7.94. The third-order valence-corrected chi connectivity index (χ3v) is 6.09. The van der Waals surface area contributed by atoms with Crippen LogP contribution < -0.4 is 10.6 Å². The van der Waals surface area contributed by atoms with Gasteiger partial charge in [-0.3, -0.25) is 10.1 Å². The first kappa shape index (κ1) is 21.4. The molecular formula is C20H38N4OS. The molecule has 2 aliphatic rings. The molecule has 0 unspecified atom stereocenters. The van der Waals surface area contributed by atoms with Gasteiger partial charge in [0.25, 0.3) is 0 Å². The summed E-state index contributed by atoms with van der Waals surface area (Å²) in [7, 11) is 0. The zero-order valence-electron chi connectivity index (χ0n) is 17.5. The Balaban J connectivity index is 2.11. The van der Waals surface area contributed by atoms with E-state index in [1.165, 1.54) is 0 Å². The lowest BCUT2D eigenvalue weighted by molar-refractivity contribution is -0.134. The Labute approximate surface area is 165 Å². The maximum Gasteiger partial charge on any atom is 0.241 e. The molecule has 0 aliphatic carbocycles. The van der Waals surface area contributed by atoms with Crippen LogP contribution in [-0.4, -0.2) is 58.2 Å². The van der Waals surface area contributed by atoms with E-state index in [9.17, 15) is 4.79 Å². The van der Waals surface area contributed by atoms with Crippen molar-refractivity contribution in [3.8, 4) is 0 Å². The van der Waals surface area contributed by atoms with Crippen LogP contribution in [0, 0.1) is 11.8 Å². The van der Waals surface area contributed by atoms with Gasteiger partial charge in [0.1, 0.15) is 0 Å². The molecule has 150 valence electrons. The second-order valence-corrected chi connectivity index (χ2v) is 9.30. The van der Waals surface area contributed by atoms with E-state index in [1.807, 2.05) is 0 Å². The van der Waals surface area contributed by atoms with Gasteiger partial charge in [-0.2, -0.15) is 0 Å². The predicted octanol–water partition coefficient (Wildman–Crippen LogP) is 2.95. The topological polar surface area (TPSA) is 47.6 Å². The molecule has 2 saturated heterocycles. The van der Waals surface area contributed by atoms with Crippen LogP contribution in [0.5, 0.6) is 0 Å². The molecule has 2 heterocycles. The number of carbonyl (C=O) groups is 1. The number of rotatable bonds is 6. The lowest BCUT2D eigenvalue weighted by Crippen LogP contribution is -2.61. The van der Waals surface area contributed by atoms with Crippen LogP contribution in [0.4, 0.5) is 0 Å². The highest BCUT2D eigenvalue weighted by molar-refractivity contribution is 7.80. The lowest BCUT2D eigenvalue weighted by Gasteiger charge is -2.46. The summed E-state index contributed by atoms with van der Waals surface area (Å²) in [5.74, 6) is 1.34. The van der Waals surface area contributed by atoms with Crippen molar-refractivity contribution in [3.63, 3.8) is 0 Å². The van der Waals surface area contributed by atoms with Gasteiger partial charge in [0.05, 0.1) is 11.7 Å². The minimum atomic E-state index is -0.190. The maximum atomic E-state index is 13.1. The molecule has 2 atom stereocenters. The van der Waals surface area contributed by atoms with Crippen molar-refractivity contribution in [2.24, 2.45) is 11.8 Å². The average Bonchev–Trinajstić information content (AvgIpc) is 2.79. The van der Waals surface area contributed by atoms with Crippen LogP contribution in [-0.2, 0) is 4.79 Å². The molecular weight excluding hydrogens is 344 g/mol. The van der Waals surface area contributed by atoms with E-state index >= 15 is 0 Å². The summed E-state index contributed by atoms with van der Waals surface area (Å²) in [4.78, 5) is 17.6. The van der Waals surface area contributed by atoms with Gasteiger partial charge in [0.2, 0.25) is 5.91 Å². The van der Waals surface area contributed by atoms with Crippen LogP contribution >= 0.6 is 12.2 Å². The molecule has 1 spiro atoms. The quantitative estimate of drug-likeness (QED) is 0.692. The second-order valence-electron chi connectivity index (χ2n) is 8.91. The fraction of sp³-hybridized carbons (Fsp3) is 0.900. The predicted molar refractivity (Wildman–Crippen MR) is 112 cm³/mol. The first-order valence-electron chi connectivity index (χ1n) is 10.3. The van der Waals surface area contributed by atoms with Crippen molar-refractivity contribution in [2.45, 2.75) is 85.0 Å². The smallest absolute Gasteiger partial charge is 0.241 e. The van der Waals surface area contributed by atoms with E-state index in [-0.39, 0.29) is 11.7 Å². The average molecular weight is 383 g/mol. The van der Waals surface area contributed by atoms with Crippen LogP contribution in [0.3, 0.4) is 0 Å². The van der Waals surface area contributed by atoms with Crippen molar-refractivity contribution < 1.29 is 4.79 Å². The maximum absolute atomic E-state index is 13.1. The molecule has 2 aliphatic heterocycles. The molecule has 5 nitrogen and oxygen atoms in total. The van der Waals surface area contributed by atoms with Gasteiger partial charge in [-0.25, -0.2) is 0 Å². The van der Waals surface area contributed by atoms with Crippen molar-refractivity contribution in [1.29, 1.82) is 0 Å². The first-order chi connectivity index (χ1) is 12.2. The molecule has 2 fully saturated rings. The van der Waals surface area contributed by atoms with E-state index in [2.05, 4.69) is 62.0 Å². The number of hydrogen-bond acceptors (Lipinski definition) is 3. The van der Waals surface area contributed by atoms with Gasteiger partial charge < -0.3 is 15.1 Å². The summed E-state index contributed by atoms with van der Waals surface area (Å²) in [6.45, 7) is 15.7. The SMILES string of the molecule is CC[C@H](C)CN1C(=O)[C@@H](CC(C)C)NC12CCN(C(=S)NC(C)C)CC2. The van der Waals surface area contributed by atoms with Crippen molar-refractivity contribution in [1.82, 2.24) is 20.4 Å². The summed E-state index contributed by atoms with van der Waals surface area (Å²) in [6, 6.07) is 0.313. The van der Waals surface area contributed by atoms with Gasteiger partial charge >= 0.3 is 0 Å². The van der Waals surface area contributed by atoms with E-state index in [0.717, 1.165) is 50.4 Å². The van der Waals surface area contributed by atoms with Crippen LogP contribution in [0.15, 0.2) is 0 Å². The third-order valence-electron chi connectivity index (χ3n) is 5.71. The molecule has 0 aromatic carbocycles. The Kier molecular flexibility index (Phi) is 7.31. The Morgan fingerprint density at radius 1 is 1.27 bits per heavy atom. The number of amides is 1. The number of nitrogens with one attached hydrogen (secondary N) is 2. The molecule has 0 saturated carbocycles. The summed E-state index contributed by atoms with van der Waals surface area (Å²) >= 11 is 5.55. The van der Waals surface area contributed by atoms with Crippen LogP contribution in [0.1, 0.15) is 67.2 Å². The highest BCUT2D eigenvalue weighted by Gasteiger charge is 2.51. The number of hydrogen-bond donors (Lipinski definition) is 2. The Morgan fingerprint density at radius 3 is 2.38 bits per heavy atom. The summed E-state index contributed by atoms with van der Waals surface area (Å²) < 4.78 is 0. The molecule has 0 bridgehead atoms. The monoisotopic (exact) mass is 382 g/mol. The third kappa shape index (κ3) is 4.89. The van der Waals surface area contributed by atoms with E-state index < -0.39 is 0 Å². The number of thiocarbonyl (C=S) groups is 1. The van der Waals surface area contributed by atoms with Crippen LogP contribution in [0.25, 0.3) is 0 Å². The zero-order chi connectivity index (χ0) is 19.5. The van der Waals surface area contributed by atoms with Crippen LogP contribution in [0.2, 0.25) is 0 Å². The first-order valence-corrected chi connectivity index (χ1v) is 10.7. The normalized spacial score (nSPS) is 24.0. The number of carbonyl (C=O) groups excluding carboxylic acids is 1. The van der Waals surface area contributed by atoms with Crippen molar-refractivity contribution in [2.75, 3.05) is 19.6 Å². The van der Waals surface area contributed by atoms with Crippen molar-refractivity contribution >= 4 is 23.2 Å². The minimum absolute atomic E-state index is 0.0358. The van der Waals surface area contributed by atoms with E-state index in [4.69, 9.17) is 12.2 Å². The fourth-order valence-electron chi connectivity index (χ4n) is 4.03. The molecule has 2 rings (SSSR count). The van der Waals surface area contributed by atoms with Gasteiger partial charge in [0, 0.05) is 38.5 Å². The molecule has 26 heavy (non-hydrogen) atoms. The molecule has 0 radical (unpaired) electrons. The summed E-state index contributed by atoms with van der Waals surface area (Å²) in [5.41, 5.74) is -0.190. The lowest BCUT2D eigenvalue weighted by atomic mass is 9.94. The highest BCUT2D eigenvalue weighted by atomic mass is 32.1. The molecule has 6 heteroatoms. The summed E-state index contributed by atoms with van der Waals surface area (Å²) in [6.07, 6.45) is 3.88. The largest absolute Gasteiger partial charge is 0.360 e. The van der Waals surface area contributed by atoms with E-state index in [1.54, 1.807) is 0 Å². The van der Waals surface area contributed by atoms with Gasteiger partial charge in [0.15, 0.2) is 5.11 Å². The van der Waals surface area contributed by atoms with Gasteiger partial charge in [-0.15, -0.1) is 0 Å². The minimum Gasteiger partial charge on any atom is -0.360 e. The number of nitrogens with zero attached hydrogens (tertiary/aromatic N) is 2. The van der Waals surface area contributed by atoms with Gasteiger partial charge in [-0.05, 0) is 44.3 Å². The highest BCUT2D eigenvalue weighted by Crippen LogP contribution is 2.35. The number of likely N-dealkylation sites (tertiary alicyclic amines) is 1.